The van der Waals surface area contributed by atoms with Crippen LogP contribution < -0.4 is 14.4 Å². The third-order valence-corrected chi connectivity index (χ3v) is 6.85. The third kappa shape index (κ3) is 5.48. The van der Waals surface area contributed by atoms with Crippen molar-refractivity contribution in [2.45, 2.75) is 31.7 Å². The molecule has 3 rings (SSSR count). The van der Waals surface area contributed by atoms with E-state index in [1.165, 1.54) is 12.1 Å². The van der Waals surface area contributed by atoms with Crippen LogP contribution in [-0.2, 0) is 14.8 Å². The van der Waals surface area contributed by atoms with Crippen molar-refractivity contribution < 1.29 is 17.9 Å². The standard InChI is InChI=1S/C25H28N2O4S/c1-4-31-22-16-14-21(15-17-22)20(3)26-25(28)18-27(24-13-9-8-10-19(24)2)32(29,30)23-11-6-5-7-12-23/h5-17,20H,4,18H2,1-3H3,(H,26,28)/t20-/m1/s1. The number of hydrogen-bond donors (Lipinski definition) is 1. The summed E-state index contributed by atoms with van der Waals surface area (Å²) in [6, 6.07) is 22.4. The number of sulfonamides is 1. The van der Waals surface area contributed by atoms with Crippen LogP contribution >= 0.6 is 0 Å². The molecule has 0 aromatic heterocycles. The summed E-state index contributed by atoms with van der Waals surface area (Å²) >= 11 is 0. The zero-order chi connectivity index (χ0) is 23.1. The summed E-state index contributed by atoms with van der Waals surface area (Å²) in [4.78, 5) is 13.1. The van der Waals surface area contributed by atoms with Gasteiger partial charge in [0, 0.05) is 0 Å². The van der Waals surface area contributed by atoms with Crippen LogP contribution in [0.4, 0.5) is 5.69 Å². The summed E-state index contributed by atoms with van der Waals surface area (Å²) in [5.74, 6) is 0.364. The highest BCUT2D eigenvalue weighted by atomic mass is 32.2. The van der Waals surface area contributed by atoms with Crippen molar-refractivity contribution in [3.63, 3.8) is 0 Å². The minimum atomic E-state index is -3.93. The fraction of sp³-hybridized carbons (Fsp3) is 0.240. The van der Waals surface area contributed by atoms with Crippen molar-refractivity contribution in [3.05, 3.63) is 90.0 Å². The van der Waals surface area contributed by atoms with Gasteiger partial charge in [-0.3, -0.25) is 9.10 Å². The minimum absolute atomic E-state index is 0.135. The number of amides is 1. The number of nitrogens with one attached hydrogen (secondary N) is 1. The summed E-state index contributed by atoms with van der Waals surface area (Å²) in [7, 11) is -3.93. The number of hydrogen-bond acceptors (Lipinski definition) is 4. The molecular formula is C25H28N2O4S. The van der Waals surface area contributed by atoms with Crippen LogP contribution in [0.25, 0.3) is 0 Å². The predicted octanol–water partition coefficient (Wildman–Crippen LogP) is 4.47. The maximum absolute atomic E-state index is 13.4. The van der Waals surface area contributed by atoms with Crippen LogP contribution in [0.3, 0.4) is 0 Å². The number of benzene rings is 3. The largest absolute Gasteiger partial charge is 0.494 e. The lowest BCUT2D eigenvalue weighted by Gasteiger charge is -2.26. The summed E-state index contributed by atoms with van der Waals surface area (Å²) in [5.41, 5.74) is 2.13. The molecule has 6 nitrogen and oxygen atoms in total. The molecule has 0 aliphatic carbocycles. The molecule has 3 aromatic rings. The van der Waals surface area contributed by atoms with Crippen molar-refractivity contribution in [2.75, 3.05) is 17.5 Å². The Morgan fingerprint density at radius 1 is 0.969 bits per heavy atom. The Bertz CT molecular complexity index is 1150. The second-order valence-corrected chi connectivity index (χ2v) is 9.26. The van der Waals surface area contributed by atoms with Crippen LogP contribution in [0, 0.1) is 6.92 Å². The zero-order valence-corrected chi connectivity index (χ0v) is 19.3. The van der Waals surface area contributed by atoms with E-state index < -0.39 is 15.9 Å². The number of aryl methyl sites for hydroxylation is 1. The Morgan fingerprint density at radius 3 is 2.22 bits per heavy atom. The topological polar surface area (TPSA) is 75.7 Å². The number of carbonyl (C=O) groups excluding carboxylic acids is 1. The van der Waals surface area contributed by atoms with Crippen LogP contribution in [0.5, 0.6) is 5.75 Å². The molecular weight excluding hydrogens is 424 g/mol. The molecule has 1 N–H and O–H groups in total. The monoisotopic (exact) mass is 452 g/mol. The molecule has 0 bridgehead atoms. The molecule has 0 heterocycles. The van der Waals surface area contributed by atoms with Gasteiger partial charge in [-0.15, -0.1) is 0 Å². The maximum Gasteiger partial charge on any atom is 0.264 e. The molecule has 0 radical (unpaired) electrons. The van der Waals surface area contributed by atoms with Gasteiger partial charge in [0.05, 0.1) is 23.2 Å². The number of ether oxygens (including phenoxy) is 1. The molecule has 0 spiro atoms. The number of anilines is 1. The van der Waals surface area contributed by atoms with Gasteiger partial charge in [0.25, 0.3) is 10.0 Å². The van der Waals surface area contributed by atoms with Crippen molar-refractivity contribution in [1.29, 1.82) is 0 Å². The quantitative estimate of drug-likeness (QED) is 0.520. The summed E-state index contributed by atoms with van der Waals surface area (Å²) in [5, 5.41) is 2.91. The minimum Gasteiger partial charge on any atom is -0.494 e. The first kappa shape index (κ1) is 23.3. The van der Waals surface area contributed by atoms with Crippen LogP contribution in [0.15, 0.2) is 83.8 Å². The molecule has 168 valence electrons. The molecule has 0 saturated carbocycles. The highest BCUT2D eigenvalue weighted by Gasteiger charge is 2.28. The van der Waals surface area contributed by atoms with Gasteiger partial charge in [0.1, 0.15) is 12.3 Å². The molecule has 3 aromatic carbocycles. The molecule has 0 aliphatic heterocycles. The molecule has 0 aliphatic rings. The smallest absolute Gasteiger partial charge is 0.264 e. The average molecular weight is 453 g/mol. The van der Waals surface area contributed by atoms with Gasteiger partial charge in [0.2, 0.25) is 5.91 Å². The van der Waals surface area contributed by atoms with E-state index in [1.54, 1.807) is 30.3 Å². The number of carbonyl (C=O) groups is 1. The van der Waals surface area contributed by atoms with Gasteiger partial charge in [0.15, 0.2) is 0 Å². The van der Waals surface area contributed by atoms with Gasteiger partial charge < -0.3 is 10.1 Å². The SMILES string of the molecule is CCOc1ccc([C@@H](C)NC(=O)CN(c2ccccc2C)S(=O)(=O)c2ccccc2)cc1. The van der Waals surface area contributed by atoms with E-state index in [0.717, 1.165) is 21.2 Å². The predicted molar refractivity (Wildman–Crippen MR) is 126 cm³/mol. The van der Waals surface area contributed by atoms with Gasteiger partial charge >= 0.3 is 0 Å². The molecule has 1 atom stereocenters. The summed E-state index contributed by atoms with van der Waals surface area (Å²) in [6.45, 7) is 5.85. The van der Waals surface area contributed by atoms with Crippen molar-refractivity contribution in [1.82, 2.24) is 5.32 Å². The molecule has 32 heavy (non-hydrogen) atoms. The van der Waals surface area contributed by atoms with Crippen LogP contribution in [-0.4, -0.2) is 27.5 Å². The highest BCUT2D eigenvalue weighted by Crippen LogP contribution is 2.26. The second kappa shape index (κ2) is 10.3. The Labute approximate surface area is 189 Å². The maximum atomic E-state index is 13.4. The number of rotatable bonds is 9. The van der Waals surface area contributed by atoms with E-state index in [2.05, 4.69) is 5.32 Å². The molecule has 1 amide bonds. The second-order valence-electron chi connectivity index (χ2n) is 7.40. The third-order valence-electron chi connectivity index (χ3n) is 5.07. The number of para-hydroxylation sites is 1. The summed E-state index contributed by atoms with van der Waals surface area (Å²) in [6.07, 6.45) is 0. The molecule has 0 fully saturated rings. The first-order valence-electron chi connectivity index (χ1n) is 10.5. The number of nitrogens with zero attached hydrogens (tertiary/aromatic N) is 1. The van der Waals surface area contributed by atoms with Gasteiger partial charge in [-0.2, -0.15) is 0 Å². The lowest BCUT2D eigenvalue weighted by molar-refractivity contribution is -0.120. The zero-order valence-electron chi connectivity index (χ0n) is 18.5. The van der Waals surface area contributed by atoms with Crippen LogP contribution in [0.1, 0.15) is 31.0 Å². The van der Waals surface area contributed by atoms with Gasteiger partial charge in [-0.05, 0) is 62.2 Å². The van der Waals surface area contributed by atoms with Crippen molar-refractivity contribution >= 4 is 21.6 Å². The lowest BCUT2D eigenvalue weighted by atomic mass is 10.1. The molecule has 0 unspecified atom stereocenters. The Kier molecular flexibility index (Phi) is 7.53. The van der Waals surface area contributed by atoms with Crippen molar-refractivity contribution in [3.8, 4) is 5.75 Å². The Balaban J connectivity index is 1.83. The van der Waals surface area contributed by atoms with Gasteiger partial charge in [-0.1, -0.05) is 48.5 Å². The lowest BCUT2D eigenvalue weighted by Crippen LogP contribution is -2.41. The first-order chi connectivity index (χ1) is 15.3. The van der Waals surface area contributed by atoms with E-state index in [9.17, 15) is 13.2 Å². The van der Waals surface area contributed by atoms with E-state index >= 15 is 0 Å². The van der Waals surface area contributed by atoms with E-state index in [-0.39, 0.29) is 17.5 Å². The fourth-order valence-electron chi connectivity index (χ4n) is 3.38. The van der Waals surface area contributed by atoms with Crippen molar-refractivity contribution in [2.24, 2.45) is 0 Å². The summed E-state index contributed by atoms with van der Waals surface area (Å²) < 4.78 is 33.4. The average Bonchev–Trinajstić information content (AvgIpc) is 2.79. The normalized spacial score (nSPS) is 12.1. The Hall–Kier alpha value is -3.32. The Morgan fingerprint density at radius 2 is 1.59 bits per heavy atom. The van der Waals surface area contributed by atoms with Crippen LogP contribution in [0.2, 0.25) is 0 Å². The van der Waals surface area contributed by atoms with Gasteiger partial charge in [-0.25, -0.2) is 8.42 Å². The highest BCUT2D eigenvalue weighted by molar-refractivity contribution is 7.92. The first-order valence-corrected chi connectivity index (χ1v) is 11.9. The van der Waals surface area contributed by atoms with E-state index in [1.807, 2.05) is 57.2 Å². The van der Waals surface area contributed by atoms with E-state index in [4.69, 9.17) is 4.74 Å². The molecule has 7 heteroatoms. The molecule has 0 saturated heterocycles. The fourth-order valence-corrected chi connectivity index (χ4v) is 4.89. The van der Waals surface area contributed by atoms with E-state index in [0.29, 0.717) is 12.3 Å².